The Kier molecular flexibility index (Phi) is 7.95. The lowest BCUT2D eigenvalue weighted by molar-refractivity contribution is 0.359. The van der Waals surface area contributed by atoms with Crippen LogP contribution in [0, 0.1) is 0 Å². The van der Waals surface area contributed by atoms with E-state index in [1.165, 1.54) is 0 Å². The maximum Gasteiger partial charge on any atom is 0.631 e. The zero-order chi connectivity index (χ0) is 25.1. The SMILES string of the molecule is C(OB(OC=C(c1ccccc1)c1ccccc1)c1ccccc1)=C(c1ccccc1)c1ccccc1. The molecule has 2 nitrogen and oxygen atoms in total. The van der Waals surface area contributed by atoms with Crippen LogP contribution in [0.4, 0.5) is 0 Å². The second kappa shape index (κ2) is 12.3. The first-order valence-corrected chi connectivity index (χ1v) is 12.4. The van der Waals surface area contributed by atoms with Gasteiger partial charge >= 0.3 is 7.12 Å². The minimum Gasteiger partial charge on any atom is -0.527 e. The normalized spacial score (nSPS) is 10.2. The van der Waals surface area contributed by atoms with Gasteiger partial charge in [0.2, 0.25) is 0 Å². The Morgan fingerprint density at radius 3 is 0.946 bits per heavy atom. The first kappa shape index (κ1) is 24.0. The van der Waals surface area contributed by atoms with Gasteiger partial charge in [0.05, 0.1) is 12.5 Å². The van der Waals surface area contributed by atoms with Gasteiger partial charge in [0.15, 0.2) is 0 Å². The summed E-state index contributed by atoms with van der Waals surface area (Å²) in [6.07, 6.45) is 3.61. The summed E-state index contributed by atoms with van der Waals surface area (Å²) in [4.78, 5) is 0. The Morgan fingerprint density at radius 1 is 0.378 bits per heavy atom. The van der Waals surface area contributed by atoms with E-state index in [1.807, 2.05) is 103 Å². The lowest BCUT2D eigenvalue weighted by Gasteiger charge is -2.16. The monoisotopic (exact) mass is 478 g/mol. The lowest BCUT2D eigenvalue weighted by Crippen LogP contribution is -2.34. The summed E-state index contributed by atoms with van der Waals surface area (Å²) in [7, 11) is -0.633. The summed E-state index contributed by atoms with van der Waals surface area (Å²) in [5.74, 6) is 0. The average Bonchev–Trinajstić information content (AvgIpc) is 2.99. The van der Waals surface area contributed by atoms with Crippen LogP contribution in [0.15, 0.2) is 164 Å². The predicted molar refractivity (Wildman–Crippen MR) is 154 cm³/mol. The van der Waals surface area contributed by atoms with Crippen LogP contribution in [0.2, 0.25) is 0 Å². The van der Waals surface area contributed by atoms with Crippen LogP contribution in [-0.2, 0) is 9.31 Å². The zero-order valence-corrected chi connectivity index (χ0v) is 20.5. The molecule has 0 saturated heterocycles. The summed E-state index contributed by atoms with van der Waals surface area (Å²) in [6.45, 7) is 0. The van der Waals surface area contributed by atoms with Gasteiger partial charge in [-0.25, -0.2) is 0 Å². The second-order valence-corrected chi connectivity index (χ2v) is 8.54. The van der Waals surface area contributed by atoms with Gasteiger partial charge in [-0.15, -0.1) is 0 Å². The lowest BCUT2D eigenvalue weighted by atomic mass is 9.79. The van der Waals surface area contributed by atoms with Crippen LogP contribution in [0.25, 0.3) is 11.1 Å². The molecule has 0 atom stereocenters. The number of hydrogen-bond donors (Lipinski definition) is 0. The smallest absolute Gasteiger partial charge is 0.527 e. The minimum absolute atomic E-state index is 0.633. The van der Waals surface area contributed by atoms with E-state index in [0.29, 0.717) is 0 Å². The van der Waals surface area contributed by atoms with Crippen molar-refractivity contribution in [3.8, 4) is 0 Å². The quantitative estimate of drug-likeness (QED) is 0.161. The standard InChI is InChI=1S/C34H27BO2/c1-6-16-28(17-7-1)33(29-18-8-2-9-19-29)26-36-35(32-24-14-5-15-25-32)37-27-34(30-20-10-3-11-21-30)31-22-12-4-13-23-31/h1-27H. The zero-order valence-electron chi connectivity index (χ0n) is 20.5. The Bertz CT molecular complexity index is 1260. The number of hydrogen-bond acceptors (Lipinski definition) is 2. The molecule has 37 heavy (non-hydrogen) atoms. The molecule has 0 aliphatic carbocycles. The minimum atomic E-state index is -0.633. The number of benzene rings is 5. The van der Waals surface area contributed by atoms with Crippen molar-refractivity contribution in [3.63, 3.8) is 0 Å². The summed E-state index contributed by atoms with van der Waals surface area (Å²) in [6, 6.07) is 51.0. The highest BCUT2D eigenvalue weighted by Crippen LogP contribution is 2.25. The van der Waals surface area contributed by atoms with Crippen LogP contribution in [0.3, 0.4) is 0 Å². The summed E-state index contributed by atoms with van der Waals surface area (Å²) in [5, 5.41) is 0. The van der Waals surface area contributed by atoms with Gasteiger partial charge in [-0.2, -0.15) is 0 Å². The van der Waals surface area contributed by atoms with Crippen LogP contribution in [-0.4, -0.2) is 7.12 Å². The summed E-state index contributed by atoms with van der Waals surface area (Å²) in [5.41, 5.74) is 7.20. The van der Waals surface area contributed by atoms with Gasteiger partial charge in [0.1, 0.15) is 0 Å². The molecule has 0 bridgehead atoms. The van der Waals surface area contributed by atoms with Gasteiger partial charge < -0.3 is 9.31 Å². The number of rotatable bonds is 9. The summed E-state index contributed by atoms with van der Waals surface area (Å²) < 4.78 is 12.8. The Morgan fingerprint density at radius 2 is 0.649 bits per heavy atom. The van der Waals surface area contributed by atoms with Crippen molar-refractivity contribution in [2.24, 2.45) is 0 Å². The summed E-state index contributed by atoms with van der Waals surface area (Å²) >= 11 is 0. The van der Waals surface area contributed by atoms with Crippen molar-refractivity contribution in [1.29, 1.82) is 0 Å². The molecule has 0 fully saturated rings. The van der Waals surface area contributed by atoms with Crippen molar-refractivity contribution in [1.82, 2.24) is 0 Å². The van der Waals surface area contributed by atoms with Crippen molar-refractivity contribution in [3.05, 3.63) is 186 Å². The fourth-order valence-electron chi connectivity index (χ4n) is 4.14. The maximum absolute atomic E-state index is 6.39. The molecule has 0 radical (unpaired) electrons. The van der Waals surface area contributed by atoms with E-state index in [-0.39, 0.29) is 0 Å². The molecule has 0 heterocycles. The van der Waals surface area contributed by atoms with E-state index in [2.05, 4.69) is 48.5 Å². The Balaban J connectivity index is 1.52. The van der Waals surface area contributed by atoms with E-state index < -0.39 is 7.12 Å². The van der Waals surface area contributed by atoms with E-state index in [9.17, 15) is 0 Å². The Labute approximate surface area is 219 Å². The van der Waals surface area contributed by atoms with Crippen LogP contribution in [0.5, 0.6) is 0 Å². The molecule has 0 aliphatic rings. The van der Waals surface area contributed by atoms with E-state index in [1.54, 1.807) is 12.5 Å². The van der Waals surface area contributed by atoms with Crippen LogP contribution >= 0.6 is 0 Å². The van der Waals surface area contributed by atoms with Crippen LogP contribution < -0.4 is 5.46 Å². The molecular formula is C34H27BO2. The molecule has 5 aromatic rings. The van der Waals surface area contributed by atoms with Crippen LogP contribution in [0.1, 0.15) is 22.3 Å². The molecular weight excluding hydrogens is 451 g/mol. The van der Waals surface area contributed by atoms with Gasteiger partial charge in [0, 0.05) is 16.6 Å². The second-order valence-electron chi connectivity index (χ2n) is 8.54. The molecule has 0 saturated carbocycles. The first-order chi connectivity index (χ1) is 18.4. The molecule has 0 amide bonds. The highest BCUT2D eigenvalue weighted by atomic mass is 16.6. The molecule has 5 aromatic carbocycles. The van der Waals surface area contributed by atoms with E-state index in [4.69, 9.17) is 9.31 Å². The van der Waals surface area contributed by atoms with Crippen molar-refractivity contribution < 1.29 is 9.31 Å². The molecule has 5 rings (SSSR count). The molecule has 178 valence electrons. The largest absolute Gasteiger partial charge is 0.631 e. The average molecular weight is 478 g/mol. The highest BCUT2D eigenvalue weighted by molar-refractivity contribution is 6.61. The fraction of sp³-hybridized carbons (Fsp3) is 0. The highest BCUT2D eigenvalue weighted by Gasteiger charge is 2.24. The van der Waals surface area contributed by atoms with Crippen molar-refractivity contribution in [2.75, 3.05) is 0 Å². The van der Waals surface area contributed by atoms with Gasteiger partial charge in [-0.1, -0.05) is 152 Å². The first-order valence-electron chi connectivity index (χ1n) is 12.4. The molecule has 0 spiro atoms. The van der Waals surface area contributed by atoms with E-state index >= 15 is 0 Å². The Hall–Kier alpha value is -4.76. The molecule has 0 N–H and O–H groups in total. The molecule has 0 unspecified atom stereocenters. The van der Waals surface area contributed by atoms with Gasteiger partial charge in [-0.05, 0) is 22.3 Å². The third kappa shape index (κ3) is 6.28. The molecule has 0 aromatic heterocycles. The molecule has 0 aliphatic heterocycles. The van der Waals surface area contributed by atoms with E-state index in [0.717, 1.165) is 38.9 Å². The maximum atomic E-state index is 6.39. The van der Waals surface area contributed by atoms with Gasteiger partial charge in [-0.3, -0.25) is 0 Å². The van der Waals surface area contributed by atoms with Crippen molar-refractivity contribution in [2.45, 2.75) is 0 Å². The third-order valence-corrected chi connectivity index (χ3v) is 6.03. The molecule has 3 heteroatoms. The predicted octanol–water partition coefficient (Wildman–Crippen LogP) is 7.59. The topological polar surface area (TPSA) is 18.5 Å². The van der Waals surface area contributed by atoms with Gasteiger partial charge in [0.25, 0.3) is 0 Å². The fourth-order valence-corrected chi connectivity index (χ4v) is 4.14. The third-order valence-electron chi connectivity index (χ3n) is 6.03. The van der Waals surface area contributed by atoms with Crippen molar-refractivity contribution >= 4 is 23.7 Å².